The van der Waals surface area contributed by atoms with E-state index in [4.69, 9.17) is 27.3 Å². The lowest BCUT2D eigenvalue weighted by Crippen LogP contribution is -2.43. The Hall–Kier alpha value is -2.96. The monoisotopic (exact) mass is 502 g/mol. The molecule has 160 valence electrons. The zero-order valence-electron chi connectivity index (χ0n) is 16.7. The minimum absolute atomic E-state index is 0.155. The molecule has 0 bridgehead atoms. The van der Waals surface area contributed by atoms with Crippen molar-refractivity contribution < 1.29 is 9.53 Å². The topological polar surface area (TPSA) is 116 Å². The number of benzene rings is 1. The van der Waals surface area contributed by atoms with Gasteiger partial charge in [0, 0.05) is 24.2 Å². The maximum absolute atomic E-state index is 12.9. The zero-order valence-corrected chi connectivity index (χ0v) is 19.0. The maximum Gasteiger partial charge on any atom is 0.318 e. The van der Waals surface area contributed by atoms with E-state index in [9.17, 15) is 4.79 Å². The van der Waals surface area contributed by atoms with Crippen molar-refractivity contribution in [2.75, 3.05) is 20.2 Å². The van der Waals surface area contributed by atoms with Gasteiger partial charge in [-0.25, -0.2) is 9.79 Å². The van der Waals surface area contributed by atoms with Crippen LogP contribution in [0.2, 0.25) is 5.02 Å². The van der Waals surface area contributed by atoms with Crippen LogP contribution in [0, 0.1) is 11.3 Å². The number of amides is 2. The quantitative estimate of drug-likeness (QED) is 0.586. The number of nitrogens with one attached hydrogen (secondary N) is 2. The van der Waals surface area contributed by atoms with Crippen LogP contribution in [-0.4, -0.2) is 49.2 Å². The van der Waals surface area contributed by atoms with Gasteiger partial charge in [-0.05, 0) is 46.1 Å². The molecule has 1 aromatic carbocycles. The van der Waals surface area contributed by atoms with Gasteiger partial charge in [0.2, 0.25) is 0 Å². The number of hydrogen-bond acceptors (Lipinski definition) is 6. The summed E-state index contributed by atoms with van der Waals surface area (Å²) in [5, 5.41) is 15.6. The lowest BCUT2D eigenvalue weighted by Gasteiger charge is -2.23. The lowest BCUT2D eigenvalue weighted by molar-refractivity contribution is 0.206. The number of allylic oxidation sites excluding steroid dienone is 2. The van der Waals surface area contributed by atoms with Crippen LogP contribution in [0.3, 0.4) is 0 Å². The minimum atomic E-state index is -0.250. The van der Waals surface area contributed by atoms with Crippen molar-refractivity contribution in [1.82, 2.24) is 15.5 Å². The molecule has 0 saturated carbocycles. The molecule has 1 aromatic rings. The predicted octanol–water partition coefficient (Wildman–Crippen LogP) is 2.91. The van der Waals surface area contributed by atoms with Gasteiger partial charge in [0.25, 0.3) is 0 Å². The van der Waals surface area contributed by atoms with E-state index in [-0.39, 0.29) is 24.1 Å². The van der Waals surface area contributed by atoms with Gasteiger partial charge in [0.05, 0.1) is 40.5 Å². The number of urea groups is 1. The lowest BCUT2D eigenvalue weighted by atomic mass is 10.0. The average Bonchev–Trinajstić information content (AvgIpc) is 3.18. The van der Waals surface area contributed by atoms with E-state index in [0.29, 0.717) is 35.9 Å². The number of nitrogens with two attached hydrogens (primary N) is 1. The van der Waals surface area contributed by atoms with Crippen LogP contribution in [0.5, 0.6) is 5.75 Å². The normalized spacial score (nSPS) is 22.2. The fourth-order valence-electron chi connectivity index (χ4n) is 3.80. The summed E-state index contributed by atoms with van der Waals surface area (Å²) in [6.45, 7) is 0.800. The number of hydrogen-bond donors (Lipinski definition) is 3. The Kier molecular flexibility index (Phi) is 5.94. The fraction of sp³-hybridized carbons (Fsp3) is 0.286. The summed E-state index contributed by atoms with van der Waals surface area (Å²) in [5.74, 6) is 0.904. The first kappa shape index (κ1) is 21.3. The number of nitrogens with zero attached hydrogens (tertiary/aromatic N) is 3. The summed E-state index contributed by atoms with van der Waals surface area (Å²) in [5.41, 5.74) is 9.03. The molecule has 2 unspecified atom stereocenters. The first-order chi connectivity index (χ1) is 14.9. The number of carbonyl (C=O) groups is 1. The highest BCUT2D eigenvalue weighted by Gasteiger charge is 2.36. The van der Waals surface area contributed by atoms with E-state index in [1.165, 1.54) is 0 Å². The minimum Gasteiger partial charge on any atom is -0.496 e. The molecule has 3 aliphatic rings. The van der Waals surface area contributed by atoms with Gasteiger partial charge >= 0.3 is 6.03 Å². The number of ether oxygens (including phenoxy) is 1. The second-order valence-electron chi connectivity index (χ2n) is 7.32. The molecule has 0 aromatic heterocycles. The Morgan fingerprint density at radius 1 is 1.52 bits per heavy atom. The van der Waals surface area contributed by atoms with E-state index in [1.807, 2.05) is 18.2 Å². The van der Waals surface area contributed by atoms with E-state index in [0.717, 1.165) is 21.3 Å². The third-order valence-electron chi connectivity index (χ3n) is 5.36. The van der Waals surface area contributed by atoms with Crippen LogP contribution < -0.4 is 21.1 Å². The number of carbonyl (C=O) groups excluding carboxylic acids is 1. The highest BCUT2D eigenvalue weighted by atomic mass is 79.9. The van der Waals surface area contributed by atoms with Crippen molar-refractivity contribution >= 4 is 45.2 Å². The number of guanidine groups is 1. The number of halogens is 2. The van der Waals surface area contributed by atoms with Gasteiger partial charge < -0.3 is 26.0 Å². The molecule has 8 nitrogen and oxygen atoms in total. The summed E-state index contributed by atoms with van der Waals surface area (Å²) >= 11 is 9.95. The first-order valence-corrected chi connectivity index (χ1v) is 10.8. The second kappa shape index (κ2) is 8.65. The summed E-state index contributed by atoms with van der Waals surface area (Å²) in [6, 6.07) is 5.08. The van der Waals surface area contributed by atoms with Crippen LogP contribution in [-0.2, 0) is 0 Å². The molecule has 10 heteroatoms. The molecule has 2 aliphatic heterocycles. The largest absolute Gasteiger partial charge is 0.496 e. The van der Waals surface area contributed by atoms with E-state index >= 15 is 0 Å². The molecule has 1 fully saturated rings. The first-order valence-electron chi connectivity index (χ1n) is 9.60. The van der Waals surface area contributed by atoms with Crippen molar-refractivity contribution in [3.05, 3.63) is 56.6 Å². The summed E-state index contributed by atoms with van der Waals surface area (Å²) in [6.07, 6.45) is 5.94. The Morgan fingerprint density at radius 2 is 2.32 bits per heavy atom. The van der Waals surface area contributed by atoms with Crippen LogP contribution in [0.25, 0.3) is 5.70 Å². The van der Waals surface area contributed by atoms with Crippen LogP contribution >= 0.6 is 27.5 Å². The van der Waals surface area contributed by atoms with Gasteiger partial charge in [-0.15, -0.1) is 0 Å². The Labute approximate surface area is 193 Å². The Bertz CT molecular complexity index is 1100. The highest BCUT2D eigenvalue weighted by molar-refractivity contribution is 9.10. The number of methoxy groups -OCH3 is 1. The second-order valence-corrected chi connectivity index (χ2v) is 8.59. The van der Waals surface area contributed by atoms with Crippen molar-refractivity contribution in [2.45, 2.75) is 18.5 Å². The van der Waals surface area contributed by atoms with Gasteiger partial charge in [-0.3, -0.25) is 0 Å². The van der Waals surface area contributed by atoms with Gasteiger partial charge in [-0.2, -0.15) is 5.26 Å². The van der Waals surface area contributed by atoms with Crippen LogP contribution in [0.1, 0.15) is 12.0 Å². The smallest absolute Gasteiger partial charge is 0.318 e. The molecule has 2 atom stereocenters. The highest BCUT2D eigenvalue weighted by Crippen LogP contribution is 2.37. The van der Waals surface area contributed by atoms with Gasteiger partial charge in [0.1, 0.15) is 5.75 Å². The number of aliphatic imine (C=N–C) groups is 1. The predicted molar refractivity (Wildman–Crippen MR) is 123 cm³/mol. The Balaban J connectivity index is 1.57. The molecule has 4 N–H and O–H groups in total. The number of rotatable bonds is 3. The standard InChI is InChI=1S/C21H20BrClN6O2/c1-31-18-6-13(16(23)7-15(18)22)19-14-9-29(10-17(14)27-20(25)28-19)21(30)26-12-4-2-11(8-24)3-5-12/h2-4,6-7,12,17H,5,9-10H2,1H3,(H,26,30)(H3,25,27,28). The molecule has 0 radical (unpaired) electrons. The van der Waals surface area contributed by atoms with Crippen molar-refractivity contribution in [2.24, 2.45) is 10.7 Å². The van der Waals surface area contributed by atoms with E-state index in [1.54, 1.807) is 24.2 Å². The maximum atomic E-state index is 12.9. The third kappa shape index (κ3) is 4.27. The average molecular weight is 504 g/mol. The molecule has 1 saturated heterocycles. The molecule has 2 amide bonds. The summed E-state index contributed by atoms with van der Waals surface area (Å²) in [4.78, 5) is 19.0. The third-order valence-corrected chi connectivity index (χ3v) is 6.29. The van der Waals surface area contributed by atoms with Gasteiger partial charge in [0.15, 0.2) is 5.96 Å². The molecule has 1 aliphatic carbocycles. The van der Waals surface area contributed by atoms with Gasteiger partial charge in [-0.1, -0.05) is 23.8 Å². The molecule has 2 heterocycles. The zero-order chi connectivity index (χ0) is 22.1. The SMILES string of the molecule is COc1cc(C2=C3CN(C(=O)NC4C=CC(C#N)=CC4)CC3N=C(N)N2)c(Cl)cc1Br. The molecular formula is C21H20BrClN6O2. The molecule has 0 spiro atoms. The van der Waals surface area contributed by atoms with Crippen molar-refractivity contribution in [3.8, 4) is 11.8 Å². The fourth-order valence-corrected chi connectivity index (χ4v) is 4.69. The van der Waals surface area contributed by atoms with Crippen LogP contribution in [0.15, 0.2) is 51.0 Å². The van der Waals surface area contributed by atoms with Crippen molar-refractivity contribution in [3.63, 3.8) is 0 Å². The number of fused-ring (bicyclic) bond motifs is 1. The molecule has 4 rings (SSSR count). The Morgan fingerprint density at radius 3 is 3.00 bits per heavy atom. The molecular weight excluding hydrogens is 484 g/mol. The number of likely N-dealkylation sites (tertiary alicyclic amines) is 1. The summed E-state index contributed by atoms with van der Waals surface area (Å²) < 4.78 is 6.15. The number of nitriles is 1. The molecule has 31 heavy (non-hydrogen) atoms. The van der Waals surface area contributed by atoms with Crippen LogP contribution in [0.4, 0.5) is 4.79 Å². The van der Waals surface area contributed by atoms with Crippen molar-refractivity contribution in [1.29, 1.82) is 5.26 Å². The van der Waals surface area contributed by atoms with E-state index < -0.39 is 0 Å². The summed E-state index contributed by atoms with van der Waals surface area (Å²) in [7, 11) is 1.58. The van der Waals surface area contributed by atoms with E-state index in [2.05, 4.69) is 37.6 Å².